The fraction of sp³-hybridized carbons (Fsp3) is 0.400. The van der Waals surface area contributed by atoms with Gasteiger partial charge in [-0.05, 0) is 25.8 Å². The summed E-state index contributed by atoms with van der Waals surface area (Å²) >= 11 is 0. The van der Waals surface area contributed by atoms with Crippen molar-refractivity contribution in [3.05, 3.63) is 46.8 Å². The Bertz CT molecular complexity index is 699. The Morgan fingerprint density at radius 1 is 1.43 bits per heavy atom. The van der Waals surface area contributed by atoms with Crippen molar-refractivity contribution in [2.75, 3.05) is 13.1 Å². The van der Waals surface area contributed by atoms with E-state index in [0.29, 0.717) is 6.04 Å². The molecule has 0 radical (unpaired) electrons. The lowest BCUT2D eigenvalue weighted by molar-refractivity contribution is -0.384. The number of non-ortho nitro benzene ring substituents is 1. The monoisotopic (exact) mass is 286 g/mol. The first-order valence-electron chi connectivity index (χ1n) is 7.08. The molecule has 1 aromatic carbocycles. The zero-order valence-electron chi connectivity index (χ0n) is 12.0. The quantitative estimate of drug-likeness (QED) is 0.642. The normalized spacial score (nSPS) is 16.3. The van der Waals surface area contributed by atoms with E-state index in [0.717, 1.165) is 42.5 Å². The molecule has 1 saturated heterocycles. The van der Waals surface area contributed by atoms with E-state index in [1.165, 1.54) is 6.07 Å². The van der Waals surface area contributed by atoms with Gasteiger partial charge < -0.3 is 4.90 Å². The molecule has 0 bridgehead atoms. The highest BCUT2D eigenvalue weighted by Crippen LogP contribution is 2.29. The predicted octanol–water partition coefficient (Wildman–Crippen LogP) is 3.12. The van der Waals surface area contributed by atoms with E-state index in [1.54, 1.807) is 18.3 Å². The fourth-order valence-electron chi connectivity index (χ4n) is 2.92. The average molecular weight is 286 g/mol. The molecule has 0 spiro atoms. The van der Waals surface area contributed by atoms with E-state index in [9.17, 15) is 10.1 Å². The number of nitrogens with zero attached hydrogens (tertiary/aromatic N) is 4. The van der Waals surface area contributed by atoms with Crippen molar-refractivity contribution in [2.45, 2.75) is 25.8 Å². The molecule has 1 aliphatic heterocycles. The summed E-state index contributed by atoms with van der Waals surface area (Å²) in [6, 6.07) is 5.20. The third-order valence-corrected chi connectivity index (χ3v) is 4.14. The van der Waals surface area contributed by atoms with Gasteiger partial charge in [-0.1, -0.05) is 6.58 Å². The number of hydrogen-bond donors (Lipinski definition) is 0. The van der Waals surface area contributed by atoms with Crippen molar-refractivity contribution >= 4 is 16.6 Å². The summed E-state index contributed by atoms with van der Waals surface area (Å²) in [5.41, 5.74) is 2.05. The first kappa shape index (κ1) is 13.6. The second-order valence-corrected chi connectivity index (χ2v) is 5.54. The minimum atomic E-state index is -0.361. The smallest absolute Gasteiger partial charge is 0.271 e. The first-order valence-corrected chi connectivity index (χ1v) is 7.08. The minimum absolute atomic E-state index is 0.114. The number of allylic oxidation sites excluding steroid dienone is 1. The zero-order chi connectivity index (χ0) is 15.0. The number of nitro benzene ring substituents is 1. The molecular weight excluding hydrogens is 268 g/mol. The van der Waals surface area contributed by atoms with Gasteiger partial charge in [-0.15, -0.1) is 0 Å². The molecule has 3 rings (SSSR count). The highest BCUT2D eigenvalue weighted by atomic mass is 16.6. The standard InChI is InChI=1S/C15H18N4O2/c1-11(2)17-7-5-13(6-8-17)18-15-9-14(19(20)21)4-3-12(15)10-16-18/h3-4,9-10,13H,1,5-8H2,2H3. The lowest BCUT2D eigenvalue weighted by Gasteiger charge is -2.34. The number of piperidine rings is 1. The van der Waals surface area contributed by atoms with Gasteiger partial charge in [0.15, 0.2) is 0 Å². The molecule has 0 aliphatic carbocycles. The predicted molar refractivity (Wildman–Crippen MR) is 81.0 cm³/mol. The molecule has 1 fully saturated rings. The van der Waals surface area contributed by atoms with Crippen LogP contribution in [0.2, 0.25) is 0 Å². The summed E-state index contributed by atoms with van der Waals surface area (Å²) < 4.78 is 1.94. The van der Waals surface area contributed by atoms with Crippen LogP contribution in [0.25, 0.3) is 10.9 Å². The Morgan fingerprint density at radius 2 is 2.14 bits per heavy atom. The number of likely N-dealkylation sites (tertiary alicyclic amines) is 1. The van der Waals surface area contributed by atoms with E-state index >= 15 is 0 Å². The zero-order valence-corrected chi connectivity index (χ0v) is 12.0. The van der Waals surface area contributed by atoms with Crippen LogP contribution in [0, 0.1) is 10.1 Å². The third-order valence-electron chi connectivity index (χ3n) is 4.14. The molecule has 1 aliphatic rings. The van der Waals surface area contributed by atoms with Crippen molar-refractivity contribution < 1.29 is 4.92 Å². The van der Waals surface area contributed by atoms with E-state index in [1.807, 2.05) is 11.6 Å². The maximum Gasteiger partial charge on any atom is 0.271 e. The SMILES string of the molecule is C=C(C)N1CCC(n2ncc3ccc([N+](=O)[O-])cc32)CC1. The van der Waals surface area contributed by atoms with E-state index in [4.69, 9.17) is 0 Å². The van der Waals surface area contributed by atoms with Crippen LogP contribution in [0.5, 0.6) is 0 Å². The molecular formula is C15H18N4O2. The summed E-state index contributed by atoms with van der Waals surface area (Å²) in [6.07, 6.45) is 3.74. The molecule has 2 heterocycles. The van der Waals surface area contributed by atoms with E-state index in [-0.39, 0.29) is 10.6 Å². The number of aromatic nitrogens is 2. The van der Waals surface area contributed by atoms with Gasteiger partial charge >= 0.3 is 0 Å². The Kier molecular flexibility index (Phi) is 3.37. The van der Waals surface area contributed by atoms with Crippen LogP contribution in [0.1, 0.15) is 25.8 Å². The molecule has 110 valence electrons. The van der Waals surface area contributed by atoms with Crippen molar-refractivity contribution in [3.63, 3.8) is 0 Å². The van der Waals surface area contributed by atoms with Crippen LogP contribution >= 0.6 is 0 Å². The van der Waals surface area contributed by atoms with Crippen LogP contribution in [0.15, 0.2) is 36.7 Å². The van der Waals surface area contributed by atoms with Gasteiger partial charge in [-0.25, -0.2) is 0 Å². The highest BCUT2D eigenvalue weighted by molar-refractivity contribution is 5.81. The van der Waals surface area contributed by atoms with Gasteiger partial charge in [0.05, 0.1) is 22.7 Å². The van der Waals surface area contributed by atoms with Gasteiger partial charge in [-0.3, -0.25) is 14.8 Å². The van der Waals surface area contributed by atoms with Crippen LogP contribution in [-0.4, -0.2) is 32.7 Å². The largest absolute Gasteiger partial charge is 0.375 e. The summed E-state index contributed by atoms with van der Waals surface area (Å²) in [6.45, 7) is 7.91. The number of fused-ring (bicyclic) bond motifs is 1. The van der Waals surface area contributed by atoms with Crippen molar-refractivity contribution in [2.24, 2.45) is 0 Å². The summed E-state index contributed by atoms with van der Waals surface area (Å²) in [4.78, 5) is 12.8. The molecule has 1 aromatic heterocycles. The van der Waals surface area contributed by atoms with Crippen LogP contribution < -0.4 is 0 Å². The number of benzene rings is 1. The van der Waals surface area contributed by atoms with E-state index < -0.39 is 0 Å². The highest BCUT2D eigenvalue weighted by Gasteiger charge is 2.22. The van der Waals surface area contributed by atoms with Crippen LogP contribution in [0.3, 0.4) is 0 Å². The molecule has 6 heteroatoms. The Balaban J connectivity index is 1.89. The average Bonchev–Trinajstić information content (AvgIpc) is 2.90. The molecule has 0 atom stereocenters. The minimum Gasteiger partial charge on any atom is -0.375 e. The molecule has 21 heavy (non-hydrogen) atoms. The topological polar surface area (TPSA) is 64.2 Å². The molecule has 0 unspecified atom stereocenters. The van der Waals surface area contributed by atoms with Crippen molar-refractivity contribution in [1.82, 2.24) is 14.7 Å². The van der Waals surface area contributed by atoms with Crippen molar-refractivity contribution in [1.29, 1.82) is 0 Å². The number of hydrogen-bond acceptors (Lipinski definition) is 4. The Labute approximate surface area is 122 Å². The van der Waals surface area contributed by atoms with Gasteiger partial charge in [0.25, 0.3) is 5.69 Å². The second kappa shape index (κ2) is 5.20. The molecule has 0 amide bonds. The second-order valence-electron chi connectivity index (χ2n) is 5.54. The van der Waals surface area contributed by atoms with Gasteiger partial charge in [-0.2, -0.15) is 5.10 Å². The molecule has 6 nitrogen and oxygen atoms in total. The van der Waals surface area contributed by atoms with Crippen molar-refractivity contribution in [3.8, 4) is 0 Å². The Hall–Kier alpha value is -2.37. The molecule has 2 aromatic rings. The molecule has 0 N–H and O–H groups in total. The maximum absolute atomic E-state index is 10.9. The van der Waals surface area contributed by atoms with Gasteiger partial charge in [0, 0.05) is 36.3 Å². The first-order chi connectivity index (χ1) is 10.1. The lowest BCUT2D eigenvalue weighted by Crippen LogP contribution is -2.33. The number of rotatable bonds is 3. The van der Waals surface area contributed by atoms with Crippen LogP contribution in [-0.2, 0) is 0 Å². The summed E-state index contributed by atoms with van der Waals surface area (Å²) in [5.74, 6) is 0. The lowest BCUT2D eigenvalue weighted by atomic mass is 10.0. The summed E-state index contributed by atoms with van der Waals surface area (Å²) in [7, 11) is 0. The van der Waals surface area contributed by atoms with Gasteiger partial charge in [0.2, 0.25) is 0 Å². The van der Waals surface area contributed by atoms with Gasteiger partial charge in [0.1, 0.15) is 0 Å². The fourth-order valence-corrected chi connectivity index (χ4v) is 2.92. The Morgan fingerprint density at radius 3 is 2.76 bits per heavy atom. The maximum atomic E-state index is 10.9. The summed E-state index contributed by atoms with van der Waals surface area (Å²) in [5, 5.41) is 16.3. The third kappa shape index (κ3) is 2.49. The number of nitro groups is 1. The van der Waals surface area contributed by atoms with E-state index in [2.05, 4.69) is 16.6 Å². The molecule has 0 saturated carbocycles. The van der Waals surface area contributed by atoms with Crippen LogP contribution in [0.4, 0.5) is 5.69 Å².